The van der Waals surface area contributed by atoms with E-state index in [1.807, 2.05) is 24.4 Å². The molecule has 0 bridgehead atoms. The molecule has 2 heterocycles. The molecular formula is C10H11ClN2OS. The van der Waals surface area contributed by atoms with Crippen molar-refractivity contribution in [2.75, 3.05) is 0 Å². The molecule has 1 atom stereocenters. The Morgan fingerprint density at radius 3 is 2.87 bits per heavy atom. The van der Waals surface area contributed by atoms with Crippen LogP contribution < -0.4 is 11.3 Å². The number of thiophene rings is 1. The average Bonchev–Trinajstić information content (AvgIpc) is 2.79. The zero-order chi connectivity index (χ0) is 10.8. The Bertz CT molecular complexity index is 452. The van der Waals surface area contributed by atoms with Gasteiger partial charge in [0.1, 0.15) is 5.76 Å². The number of aryl methyl sites for hydroxylation is 1. The minimum atomic E-state index is -0.102. The van der Waals surface area contributed by atoms with Gasteiger partial charge in [0, 0.05) is 10.4 Å². The van der Waals surface area contributed by atoms with E-state index < -0.39 is 0 Å². The van der Waals surface area contributed by atoms with Gasteiger partial charge in [-0.15, -0.1) is 11.3 Å². The highest BCUT2D eigenvalue weighted by molar-refractivity contribution is 7.10. The van der Waals surface area contributed by atoms with Gasteiger partial charge in [0.05, 0.1) is 17.3 Å². The minimum Gasteiger partial charge on any atom is -0.469 e. The zero-order valence-corrected chi connectivity index (χ0v) is 9.73. The van der Waals surface area contributed by atoms with E-state index in [1.165, 1.54) is 0 Å². The molecule has 0 fully saturated rings. The second-order valence-electron chi connectivity index (χ2n) is 3.22. The van der Waals surface area contributed by atoms with Gasteiger partial charge in [0.15, 0.2) is 0 Å². The van der Waals surface area contributed by atoms with Crippen molar-refractivity contribution in [3.63, 3.8) is 0 Å². The third-order valence-electron chi connectivity index (χ3n) is 2.16. The van der Waals surface area contributed by atoms with Gasteiger partial charge < -0.3 is 4.42 Å². The van der Waals surface area contributed by atoms with E-state index >= 15 is 0 Å². The summed E-state index contributed by atoms with van der Waals surface area (Å²) >= 11 is 7.62. The lowest BCUT2D eigenvalue weighted by Crippen LogP contribution is -2.28. The summed E-state index contributed by atoms with van der Waals surface area (Å²) in [4.78, 5) is 1.000. The third-order valence-corrected chi connectivity index (χ3v) is 3.58. The van der Waals surface area contributed by atoms with Crippen molar-refractivity contribution >= 4 is 22.9 Å². The highest BCUT2D eigenvalue weighted by Crippen LogP contribution is 2.32. The number of halogens is 1. The molecule has 0 amide bonds. The van der Waals surface area contributed by atoms with Crippen molar-refractivity contribution in [3.05, 3.63) is 45.0 Å². The lowest BCUT2D eigenvalue weighted by molar-refractivity contribution is 0.526. The SMILES string of the molecule is Cc1cc(C(NN)c2sccc2Cl)co1. The van der Waals surface area contributed by atoms with Gasteiger partial charge in [-0.3, -0.25) is 5.84 Å². The standard InChI is InChI=1S/C10H11ClN2OS/c1-6-4-7(5-14-6)9(13-12)10-8(11)2-3-15-10/h2-5,9,13H,12H2,1H3. The van der Waals surface area contributed by atoms with E-state index in [0.717, 1.165) is 21.2 Å². The predicted molar refractivity (Wildman–Crippen MR) is 61.9 cm³/mol. The van der Waals surface area contributed by atoms with Crippen LogP contribution in [-0.2, 0) is 0 Å². The van der Waals surface area contributed by atoms with E-state index in [2.05, 4.69) is 5.43 Å². The van der Waals surface area contributed by atoms with Crippen LogP contribution in [0.1, 0.15) is 22.2 Å². The van der Waals surface area contributed by atoms with Gasteiger partial charge >= 0.3 is 0 Å². The summed E-state index contributed by atoms with van der Waals surface area (Å²) in [6.07, 6.45) is 1.69. The number of nitrogens with two attached hydrogens (primary N) is 1. The maximum absolute atomic E-state index is 6.05. The molecule has 2 aromatic heterocycles. The average molecular weight is 243 g/mol. The third kappa shape index (κ3) is 2.08. The van der Waals surface area contributed by atoms with Crippen LogP contribution in [0.4, 0.5) is 0 Å². The minimum absolute atomic E-state index is 0.102. The van der Waals surface area contributed by atoms with Crippen molar-refractivity contribution in [2.45, 2.75) is 13.0 Å². The highest BCUT2D eigenvalue weighted by atomic mass is 35.5. The fourth-order valence-corrected chi connectivity index (χ4v) is 2.70. The zero-order valence-electron chi connectivity index (χ0n) is 8.16. The van der Waals surface area contributed by atoms with Gasteiger partial charge in [-0.25, -0.2) is 5.43 Å². The van der Waals surface area contributed by atoms with Crippen molar-refractivity contribution in [1.29, 1.82) is 0 Å². The number of furan rings is 1. The second-order valence-corrected chi connectivity index (χ2v) is 4.58. The van der Waals surface area contributed by atoms with Crippen LogP contribution >= 0.6 is 22.9 Å². The molecule has 0 radical (unpaired) electrons. The summed E-state index contributed by atoms with van der Waals surface area (Å²) < 4.78 is 5.25. The van der Waals surface area contributed by atoms with Crippen LogP contribution in [0.2, 0.25) is 5.02 Å². The molecule has 3 N–H and O–H groups in total. The fraction of sp³-hybridized carbons (Fsp3) is 0.200. The highest BCUT2D eigenvalue weighted by Gasteiger charge is 2.18. The smallest absolute Gasteiger partial charge is 0.101 e. The Morgan fingerprint density at radius 2 is 2.40 bits per heavy atom. The molecule has 5 heteroatoms. The summed E-state index contributed by atoms with van der Waals surface area (Å²) in [6, 6.07) is 3.70. The largest absolute Gasteiger partial charge is 0.469 e. The Labute approximate surface area is 96.8 Å². The Hall–Kier alpha value is -0.810. The molecule has 0 aromatic carbocycles. The topological polar surface area (TPSA) is 51.2 Å². The van der Waals surface area contributed by atoms with Crippen LogP contribution in [0.5, 0.6) is 0 Å². The second kappa shape index (κ2) is 4.37. The van der Waals surface area contributed by atoms with Crippen LogP contribution in [0.15, 0.2) is 28.2 Å². The molecule has 2 aromatic rings. The molecule has 0 saturated carbocycles. The van der Waals surface area contributed by atoms with Crippen LogP contribution in [-0.4, -0.2) is 0 Å². The Morgan fingerprint density at radius 1 is 1.60 bits per heavy atom. The van der Waals surface area contributed by atoms with Gasteiger partial charge in [0.25, 0.3) is 0 Å². The van der Waals surface area contributed by atoms with Crippen molar-refractivity contribution in [2.24, 2.45) is 5.84 Å². The van der Waals surface area contributed by atoms with E-state index in [0.29, 0.717) is 0 Å². The quantitative estimate of drug-likeness (QED) is 0.643. The van der Waals surface area contributed by atoms with Gasteiger partial charge in [0.2, 0.25) is 0 Å². The molecule has 2 rings (SSSR count). The summed E-state index contributed by atoms with van der Waals surface area (Å²) in [7, 11) is 0. The normalized spacial score (nSPS) is 13.0. The molecule has 0 aliphatic carbocycles. The summed E-state index contributed by atoms with van der Waals surface area (Å²) in [5, 5.41) is 2.66. The molecule has 1 unspecified atom stereocenters. The summed E-state index contributed by atoms with van der Waals surface area (Å²) in [5.41, 5.74) is 3.73. The summed E-state index contributed by atoms with van der Waals surface area (Å²) in [6.45, 7) is 1.90. The predicted octanol–water partition coefficient (Wildman–Crippen LogP) is 2.86. The molecule has 3 nitrogen and oxygen atoms in total. The van der Waals surface area contributed by atoms with Gasteiger partial charge in [-0.2, -0.15) is 0 Å². The first-order valence-electron chi connectivity index (χ1n) is 4.46. The molecule has 0 saturated heterocycles. The number of rotatable bonds is 3. The molecule has 80 valence electrons. The van der Waals surface area contributed by atoms with Crippen LogP contribution in [0, 0.1) is 6.92 Å². The van der Waals surface area contributed by atoms with E-state index in [4.69, 9.17) is 21.9 Å². The first kappa shape index (κ1) is 10.7. The van der Waals surface area contributed by atoms with Crippen LogP contribution in [0.25, 0.3) is 0 Å². The van der Waals surface area contributed by atoms with Gasteiger partial charge in [-0.1, -0.05) is 11.6 Å². The van der Waals surface area contributed by atoms with E-state index in [9.17, 15) is 0 Å². The Kier molecular flexibility index (Phi) is 3.11. The number of hydrazine groups is 1. The number of hydrogen-bond donors (Lipinski definition) is 2. The van der Waals surface area contributed by atoms with Crippen molar-refractivity contribution in [1.82, 2.24) is 5.43 Å². The van der Waals surface area contributed by atoms with Crippen molar-refractivity contribution < 1.29 is 4.42 Å². The van der Waals surface area contributed by atoms with Crippen LogP contribution in [0.3, 0.4) is 0 Å². The lowest BCUT2D eigenvalue weighted by atomic mass is 10.1. The van der Waals surface area contributed by atoms with Gasteiger partial charge in [-0.05, 0) is 24.4 Å². The fourth-order valence-electron chi connectivity index (χ4n) is 1.45. The molecule has 0 aliphatic heterocycles. The maximum atomic E-state index is 6.05. The van der Waals surface area contributed by atoms with E-state index in [-0.39, 0.29) is 6.04 Å². The molecule has 15 heavy (non-hydrogen) atoms. The van der Waals surface area contributed by atoms with E-state index in [1.54, 1.807) is 17.6 Å². The molecule has 0 aliphatic rings. The lowest BCUT2D eigenvalue weighted by Gasteiger charge is -2.12. The molecular weight excluding hydrogens is 232 g/mol. The first-order valence-corrected chi connectivity index (χ1v) is 5.72. The Balaban J connectivity index is 2.36. The van der Waals surface area contributed by atoms with Crippen molar-refractivity contribution in [3.8, 4) is 0 Å². The summed E-state index contributed by atoms with van der Waals surface area (Å²) in [5.74, 6) is 6.39. The number of hydrogen-bond acceptors (Lipinski definition) is 4. The monoisotopic (exact) mass is 242 g/mol. The number of nitrogens with one attached hydrogen (secondary N) is 1. The maximum Gasteiger partial charge on any atom is 0.101 e. The first-order chi connectivity index (χ1) is 7.22. The molecule has 0 spiro atoms.